The van der Waals surface area contributed by atoms with Crippen LogP contribution in [0.25, 0.3) is 10.9 Å². The molecule has 2 aromatic carbocycles. The molecule has 0 unspecified atom stereocenters. The molecule has 140 valence electrons. The van der Waals surface area contributed by atoms with E-state index in [1.54, 1.807) is 24.3 Å². The molecule has 0 bridgehead atoms. The quantitative estimate of drug-likeness (QED) is 0.521. The van der Waals surface area contributed by atoms with Crippen molar-refractivity contribution >= 4 is 34.3 Å². The SMILES string of the molecule is O=C(COc1ccccc1Cl)NCCCNC(=O)c1cc2ccccc2[nH]1. The van der Waals surface area contributed by atoms with Crippen LogP contribution in [0.5, 0.6) is 5.75 Å². The number of fused-ring (bicyclic) bond motifs is 1. The summed E-state index contributed by atoms with van der Waals surface area (Å²) in [5.41, 5.74) is 1.45. The van der Waals surface area contributed by atoms with Crippen molar-refractivity contribution in [3.05, 3.63) is 65.3 Å². The third-order valence-corrected chi connectivity index (χ3v) is 4.24. The van der Waals surface area contributed by atoms with Crippen LogP contribution in [0.15, 0.2) is 54.6 Å². The van der Waals surface area contributed by atoms with Gasteiger partial charge in [0.25, 0.3) is 11.8 Å². The van der Waals surface area contributed by atoms with Gasteiger partial charge in [0.15, 0.2) is 6.61 Å². The van der Waals surface area contributed by atoms with Crippen molar-refractivity contribution in [2.24, 2.45) is 0 Å². The van der Waals surface area contributed by atoms with Crippen LogP contribution in [-0.2, 0) is 4.79 Å². The molecule has 0 saturated heterocycles. The summed E-state index contributed by atoms with van der Waals surface area (Å²) in [7, 11) is 0. The average Bonchev–Trinajstić information content (AvgIpc) is 3.11. The topological polar surface area (TPSA) is 83.2 Å². The molecule has 0 spiro atoms. The number of para-hydroxylation sites is 2. The Hall–Kier alpha value is -2.99. The molecule has 1 aromatic heterocycles. The lowest BCUT2D eigenvalue weighted by molar-refractivity contribution is -0.123. The minimum Gasteiger partial charge on any atom is -0.482 e. The van der Waals surface area contributed by atoms with E-state index in [0.29, 0.717) is 36.0 Å². The van der Waals surface area contributed by atoms with Gasteiger partial charge in [-0.25, -0.2) is 0 Å². The van der Waals surface area contributed by atoms with Crippen molar-refractivity contribution < 1.29 is 14.3 Å². The van der Waals surface area contributed by atoms with E-state index in [-0.39, 0.29) is 18.4 Å². The fourth-order valence-electron chi connectivity index (χ4n) is 2.57. The third-order valence-electron chi connectivity index (χ3n) is 3.93. The molecular weight excluding hydrogens is 366 g/mol. The second-order valence-corrected chi connectivity index (χ2v) is 6.36. The van der Waals surface area contributed by atoms with Gasteiger partial charge in [0.1, 0.15) is 11.4 Å². The highest BCUT2D eigenvalue weighted by Crippen LogP contribution is 2.22. The Balaban J connectivity index is 1.33. The molecule has 0 radical (unpaired) electrons. The number of carbonyl (C=O) groups is 2. The Morgan fingerprint density at radius 3 is 2.56 bits per heavy atom. The molecule has 3 N–H and O–H groups in total. The predicted octanol–water partition coefficient (Wildman–Crippen LogP) is 3.14. The molecule has 0 aliphatic rings. The maximum atomic E-state index is 12.1. The summed E-state index contributed by atoms with van der Waals surface area (Å²) in [5, 5.41) is 7.03. The second-order valence-electron chi connectivity index (χ2n) is 5.95. The van der Waals surface area contributed by atoms with E-state index in [1.165, 1.54) is 0 Å². The normalized spacial score (nSPS) is 10.6. The van der Waals surface area contributed by atoms with Crippen LogP contribution in [0, 0.1) is 0 Å². The highest BCUT2D eigenvalue weighted by molar-refractivity contribution is 6.32. The van der Waals surface area contributed by atoms with Crippen LogP contribution in [0.3, 0.4) is 0 Å². The highest BCUT2D eigenvalue weighted by Gasteiger charge is 2.09. The standard InChI is InChI=1S/C20H20ClN3O3/c21-15-7-2-4-9-18(15)27-13-19(25)22-10-5-11-23-20(26)17-12-14-6-1-3-8-16(14)24-17/h1-4,6-9,12,24H,5,10-11,13H2,(H,22,25)(H,23,26). The number of aromatic amines is 1. The van der Waals surface area contributed by atoms with Crippen molar-refractivity contribution in [1.29, 1.82) is 0 Å². The van der Waals surface area contributed by atoms with Crippen molar-refractivity contribution in [3.63, 3.8) is 0 Å². The van der Waals surface area contributed by atoms with Gasteiger partial charge in [0.2, 0.25) is 0 Å². The van der Waals surface area contributed by atoms with E-state index in [1.807, 2.05) is 30.3 Å². The number of amides is 2. The summed E-state index contributed by atoms with van der Waals surface area (Å²) in [5.74, 6) is 0.0661. The monoisotopic (exact) mass is 385 g/mol. The Morgan fingerprint density at radius 2 is 1.74 bits per heavy atom. The molecule has 0 aliphatic heterocycles. The minimum absolute atomic E-state index is 0.106. The highest BCUT2D eigenvalue weighted by atomic mass is 35.5. The number of nitrogens with one attached hydrogen (secondary N) is 3. The Kier molecular flexibility index (Phi) is 6.33. The number of H-pyrrole nitrogens is 1. The van der Waals surface area contributed by atoms with E-state index in [2.05, 4.69) is 15.6 Å². The van der Waals surface area contributed by atoms with Gasteiger partial charge in [0, 0.05) is 24.0 Å². The molecule has 2 amide bonds. The van der Waals surface area contributed by atoms with E-state index in [9.17, 15) is 9.59 Å². The molecule has 6 nitrogen and oxygen atoms in total. The first-order valence-corrected chi connectivity index (χ1v) is 9.01. The van der Waals surface area contributed by atoms with Crippen LogP contribution in [0.2, 0.25) is 5.02 Å². The van der Waals surface area contributed by atoms with E-state index in [4.69, 9.17) is 16.3 Å². The summed E-state index contributed by atoms with van der Waals surface area (Å²) < 4.78 is 5.36. The summed E-state index contributed by atoms with van der Waals surface area (Å²) >= 11 is 5.96. The van der Waals surface area contributed by atoms with Gasteiger partial charge in [-0.1, -0.05) is 41.9 Å². The number of halogens is 1. The fourth-order valence-corrected chi connectivity index (χ4v) is 2.76. The van der Waals surface area contributed by atoms with Gasteiger partial charge in [-0.15, -0.1) is 0 Å². The van der Waals surface area contributed by atoms with Crippen LogP contribution in [-0.4, -0.2) is 36.5 Å². The van der Waals surface area contributed by atoms with Gasteiger partial charge < -0.3 is 20.4 Å². The smallest absolute Gasteiger partial charge is 0.267 e. The third kappa shape index (κ3) is 5.24. The van der Waals surface area contributed by atoms with Crippen LogP contribution >= 0.6 is 11.6 Å². The van der Waals surface area contributed by atoms with Gasteiger partial charge in [-0.2, -0.15) is 0 Å². The predicted molar refractivity (Wildman–Crippen MR) is 105 cm³/mol. The lowest BCUT2D eigenvalue weighted by Crippen LogP contribution is -2.32. The zero-order valence-corrected chi connectivity index (χ0v) is 15.4. The Labute approximate surface area is 161 Å². The number of hydrogen-bond donors (Lipinski definition) is 3. The first-order chi connectivity index (χ1) is 13.1. The molecule has 1 heterocycles. The summed E-state index contributed by atoms with van der Waals surface area (Å²) in [4.78, 5) is 27.0. The van der Waals surface area contributed by atoms with E-state index < -0.39 is 0 Å². The Bertz CT molecular complexity index is 906. The summed E-state index contributed by atoms with van der Waals surface area (Å²) in [6, 6.07) is 16.5. The van der Waals surface area contributed by atoms with Crippen molar-refractivity contribution in [3.8, 4) is 5.75 Å². The van der Waals surface area contributed by atoms with Gasteiger partial charge in [0.05, 0.1) is 5.02 Å². The molecule has 3 aromatic rings. The van der Waals surface area contributed by atoms with E-state index >= 15 is 0 Å². The van der Waals surface area contributed by atoms with Crippen LogP contribution < -0.4 is 15.4 Å². The molecule has 7 heteroatoms. The van der Waals surface area contributed by atoms with Gasteiger partial charge in [-0.3, -0.25) is 9.59 Å². The lowest BCUT2D eigenvalue weighted by Gasteiger charge is -2.09. The van der Waals surface area contributed by atoms with Gasteiger partial charge >= 0.3 is 0 Å². The first-order valence-electron chi connectivity index (χ1n) is 8.63. The molecule has 0 saturated carbocycles. The molecule has 27 heavy (non-hydrogen) atoms. The number of rotatable bonds is 8. The number of hydrogen-bond acceptors (Lipinski definition) is 3. The maximum Gasteiger partial charge on any atom is 0.267 e. The molecular formula is C20H20ClN3O3. The minimum atomic E-state index is -0.239. The van der Waals surface area contributed by atoms with Crippen molar-refractivity contribution in [2.45, 2.75) is 6.42 Å². The number of ether oxygens (including phenoxy) is 1. The van der Waals surface area contributed by atoms with Crippen molar-refractivity contribution in [2.75, 3.05) is 19.7 Å². The summed E-state index contributed by atoms with van der Waals surface area (Å²) in [6.45, 7) is 0.794. The number of benzene rings is 2. The summed E-state index contributed by atoms with van der Waals surface area (Å²) in [6.07, 6.45) is 0.615. The van der Waals surface area contributed by atoms with Crippen molar-refractivity contribution in [1.82, 2.24) is 15.6 Å². The Morgan fingerprint density at radius 1 is 1.00 bits per heavy atom. The maximum absolute atomic E-state index is 12.1. The van der Waals surface area contributed by atoms with E-state index in [0.717, 1.165) is 10.9 Å². The molecule has 3 rings (SSSR count). The van der Waals surface area contributed by atoms with Gasteiger partial charge in [-0.05, 0) is 30.7 Å². The number of carbonyl (C=O) groups excluding carboxylic acids is 2. The molecule has 0 atom stereocenters. The average molecular weight is 386 g/mol. The second kappa shape index (κ2) is 9.09. The molecule has 0 aliphatic carbocycles. The zero-order valence-electron chi connectivity index (χ0n) is 14.6. The largest absolute Gasteiger partial charge is 0.482 e. The fraction of sp³-hybridized carbons (Fsp3) is 0.200. The lowest BCUT2D eigenvalue weighted by atomic mass is 10.2. The number of aromatic nitrogens is 1. The van der Waals surface area contributed by atoms with Crippen LogP contribution in [0.1, 0.15) is 16.9 Å². The molecule has 0 fully saturated rings. The zero-order chi connectivity index (χ0) is 19.1. The van der Waals surface area contributed by atoms with Crippen LogP contribution in [0.4, 0.5) is 0 Å². The first kappa shape index (κ1) is 18.8.